The molecule has 0 saturated carbocycles. The van der Waals surface area contributed by atoms with Crippen LogP contribution in [0.1, 0.15) is 12.0 Å². The van der Waals surface area contributed by atoms with Crippen LogP contribution < -0.4 is 5.32 Å². The Balaban J connectivity index is 1.52. The summed E-state index contributed by atoms with van der Waals surface area (Å²) < 4.78 is 3.51. The van der Waals surface area contributed by atoms with Gasteiger partial charge in [-0.25, -0.2) is 9.97 Å². The van der Waals surface area contributed by atoms with Crippen molar-refractivity contribution in [3.8, 4) is 6.07 Å². The van der Waals surface area contributed by atoms with Gasteiger partial charge in [0.2, 0.25) is 5.91 Å². The monoisotopic (exact) mass is 395 g/mol. The van der Waals surface area contributed by atoms with Crippen molar-refractivity contribution in [1.82, 2.24) is 24.3 Å². The molecule has 0 fully saturated rings. The van der Waals surface area contributed by atoms with Gasteiger partial charge in [-0.3, -0.25) is 9.48 Å². The van der Waals surface area contributed by atoms with E-state index in [0.29, 0.717) is 17.9 Å². The SMILES string of the molecule is Cn1ncc(C#N)c1NC(=O)CCn1c2ccccc2c2nc3ccccc3nc21. The van der Waals surface area contributed by atoms with Gasteiger partial charge in [0.15, 0.2) is 5.65 Å². The fourth-order valence-electron chi connectivity index (χ4n) is 3.68. The number of nitriles is 1. The lowest BCUT2D eigenvalue weighted by molar-refractivity contribution is -0.116. The minimum absolute atomic E-state index is 0.199. The predicted molar refractivity (Wildman–Crippen MR) is 114 cm³/mol. The van der Waals surface area contributed by atoms with E-state index in [2.05, 4.69) is 10.4 Å². The van der Waals surface area contributed by atoms with Crippen molar-refractivity contribution in [3.05, 3.63) is 60.3 Å². The van der Waals surface area contributed by atoms with Crippen LogP contribution in [0.15, 0.2) is 54.7 Å². The maximum atomic E-state index is 12.6. The fourth-order valence-corrected chi connectivity index (χ4v) is 3.68. The quantitative estimate of drug-likeness (QED) is 0.503. The highest BCUT2D eigenvalue weighted by Gasteiger charge is 2.16. The highest BCUT2D eigenvalue weighted by Crippen LogP contribution is 2.28. The summed E-state index contributed by atoms with van der Waals surface area (Å²) >= 11 is 0. The Morgan fingerprint density at radius 2 is 1.83 bits per heavy atom. The molecule has 146 valence electrons. The topological polar surface area (TPSA) is 101 Å². The number of anilines is 1. The van der Waals surface area contributed by atoms with Gasteiger partial charge in [0.1, 0.15) is 23.0 Å². The normalized spacial score (nSPS) is 11.2. The average Bonchev–Trinajstić information content (AvgIpc) is 3.27. The van der Waals surface area contributed by atoms with Gasteiger partial charge >= 0.3 is 0 Å². The van der Waals surface area contributed by atoms with Gasteiger partial charge in [-0.15, -0.1) is 0 Å². The molecule has 0 unspecified atom stereocenters. The molecule has 1 amide bonds. The second-order valence-corrected chi connectivity index (χ2v) is 6.99. The minimum atomic E-state index is -0.199. The highest BCUT2D eigenvalue weighted by molar-refractivity contribution is 6.06. The van der Waals surface area contributed by atoms with Crippen LogP contribution in [0.25, 0.3) is 33.1 Å². The minimum Gasteiger partial charge on any atom is -0.323 e. The zero-order chi connectivity index (χ0) is 20.7. The Morgan fingerprint density at radius 3 is 2.63 bits per heavy atom. The van der Waals surface area contributed by atoms with Crippen LogP contribution in [0, 0.1) is 11.3 Å². The van der Waals surface area contributed by atoms with Gasteiger partial charge in [-0.1, -0.05) is 30.3 Å². The van der Waals surface area contributed by atoms with E-state index in [0.717, 1.165) is 33.1 Å². The number of nitrogens with zero attached hydrogens (tertiary/aromatic N) is 6. The zero-order valence-electron chi connectivity index (χ0n) is 16.2. The van der Waals surface area contributed by atoms with E-state index in [1.54, 1.807) is 7.05 Å². The molecule has 0 saturated heterocycles. The van der Waals surface area contributed by atoms with Crippen molar-refractivity contribution in [2.24, 2.45) is 7.05 Å². The summed E-state index contributed by atoms with van der Waals surface area (Å²) in [6.07, 6.45) is 1.65. The Hall–Kier alpha value is -4.25. The molecule has 30 heavy (non-hydrogen) atoms. The molecule has 0 radical (unpaired) electrons. The number of fused-ring (bicyclic) bond motifs is 4. The smallest absolute Gasteiger partial charge is 0.227 e. The number of hydrogen-bond acceptors (Lipinski definition) is 5. The van der Waals surface area contributed by atoms with E-state index < -0.39 is 0 Å². The maximum Gasteiger partial charge on any atom is 0.227 e. The number of aromatic nitrogens is 5. The second kappa shape index (κ2) is 6.97. The molecule has 0 aliphatic rings. The van der Waals surface area contributed by atoms with Crippen molar-refractivity contribution < 1.29 is 4.79 Å². The number of aryl methyl sites for hydroxylation is 2. The number of carbonyl (C=O) groups is 1. The Morgan fingerprint density at radius 1 is 1.10 bits per heavy atom. The summed E-state index contributed by atoms with van der Waals surface area (Å²) in [5, 5.41) is 17.0. The molecule has 0 aliphatic carbocycles. The van der Waals surface area contributed by atoms with Crippen molar-refractivity contribution in [1.29, 1.82) is 5.26 Å². The molecule has 8 nitrogen and oxygen atoms in total. The molecule has 5 rings (SSSR count). The number of carbonyl (C=O) groups excluding carboxylic acids is 1. The molecule has 1 N–H and O–H groups in total. The lowest BCUT2D eigenvalue weighted by atomic mass is 10.2. The summed E-state index contributed by atoms with van der Waals surface area (Å²) in [5.74, 6) is 0.199. The first kappa shape index (κ1) is 17.8. The third-order valence-electron chi connectivity index (χ3n) is 5.14. The van der Waals surface area contributed by atoms with Gasteiger partial charge in [-0.05, 0) is 18.2 Å². The maximum absolute atomic E-state index is 12.6. The average molecular weight is 395 g/mol. The lowest BCUT2D eigenvalue weighted by Crippen LogP contribution is -2.17. The first-order chi connectivity index (χ1) is 14.7. The lowest BCUT2D eigenvalue weighted by Gasteiger charge is -2.09. The summed E-state index contributed by atoms with van der Waals surface area (Å²) in [6, 6.07) is 17.8. The third kappa shape index (κ3) is 2.84. The van der Waals surface area contributed by atoms with Crippen LogP contribution in [0.2, 0.25) is 0 Å². The molecule has 3 aromatic heterocycles. The van der Waals surface area contributed by atoms with Gasteiger partial charge in [0.05, 0.1) is 22.7 Å². The van der Waals surface area contributed by atoms with Crippen molar-refractivity contribution in [3.63, 3.8) is 0 Å². The van der Waals surface area contributed by atoms with Crippen molar-refractivity contribution in [2.75, 3.05) is 5.32 Å². The number of rotatable bonds is 4. The molecule has 8 heteroatoms. The molecular formula is C22H17N7O. The van der Waals surface area contributed by atoms with Crippen LogP contribution in [-0.2, 0) is 18.4 Å². The molecule has 0 atom stereocenters. The van der Waals surface area contributed by atoms with Crippen LogP contribution in [-0.4, -0.2) is 30.2 Å². The molecule has 0 spiro atoms. The zero-order valence-corrected chi connectivity index (χ0v) is 16.2. The Labute approximate surface area is 171 Å². The second-order valence-electron chi connectivity index (χ2n) is 6.99. The van der Waals surface area contributed by atoms with Crippen LogP contribution in [0.3, 0.4) is 0 Å². The Bertz CT molecular complexity index is 1470. The molecule has 0 aliphatic heterocycles. The van der Waals surface area contributed by atoms with E-state index in [4.69, 9.17) is 9.97 Å². The van der Waals surface area contributed by atoms with Crippen LogP contribution >= 0.6 is 0 Å². The molecular weight excluding hydrogens is 378 g/mol. The largest absolute Gasteiger partial charge is 0.323 e. The van der Waals surface area contributed by atoms with E-state index >= 15 is 0 Å². The number of hydrogen-bond donors (Lipinski definition) is 1. The number of benzene rings is 2. The van der Waals surface area contributed by atoms with Crippen molar-refractivity contribution >= 4 is 44.8 Å². The standard InChI is InChI=1S/C22H17N7O/c1-28-21(14(12-23)13-24-28)27-19(30)10-11-29-18-9-5-2-6-15(18)20-22(29)26-17-8-4-3-7-16(17)25-20/h2-9,13H,10-11H2,1H3,(H,27,30). The fraction of sp³-hybridized carbons (Fsp3) is 0.136. The molecule has 0 bridgehead atoms. The summed E-state index contributed by atoms with van der Waals surface area (Å²) in [6.45, 7) is 0.433. The van der Waals surface area contributed by atoms with E-state index in [1.807, 2.05) is 59.2 Å². The third-order valence-corrected chi connectivity index (χ3v) is 5.14. The van der Waals surface area contributed by atoms with Crippen LogP contribution in [0.4, 0.5) is 5.82 Å². The first-order valence-electron chi connectivity index (χ1n) is 9.51. The summed E-state index contributed by atoms with van der Waals surface area (Å²) in [7, 11) is 1.68. The van der Waals surface area contributed by atoms with Crippen LogP contribution in [0.5, 0.6) is 0 Å². The highest BCUT2D eigenvalue weighted by atomic mass is 16.1. The summed E-state index contributed by atoms with van der Waals surface area (Å²) in [5.41, 5.74) is 4.54. The molecule has 2 aromatic carbocycles. The van der Waals surface area contributed by atoms with Crippen molar-refractivity contribution in [2.45, 2.75) is 13.0 Å². The molecule has 5 aromatic rings. The van der Waals surface area contributed by atoms with E-state index in [1.165, 1.54) is 10.9 Å². The van der Waals surface area contributed by atoms with Gasteiger partial charge in [0.25, 0.3) is 0 Å². The van der Waals surface area contributed by atoms with Gasteiger partial charge < -0.3 is 9.88 Å². The number of amides is 1. The Kier molecular flexibility index (Phi) is 4.14. The predicted octanol–water partition coefficient (Wildman–Crippen LogP) is 3.37. The molecule has 3 heterocycles. The van der Waals surface area contributed by atoms with Gasteiger partial charge in [0, 0.05) is 25.4 Å². The van der Waals surface area contributed by atoms with E-state index in [-0.39, 0.29) is 12.3 Å². The van der Waals surface area contributed by atoms with E-state index in [9.17, 15) is 10.1 Å². The number of para-hydroxylation sites is 3. The first-order valence-corrected chi connectivity index (χ1v) is 9.51. The number of nitrogens with one attached hydrogen (secondary N) is 1. The summed E-state index contributed by atoms with van der Waals surface area (Å²) in [4.78, 5) is 22.2. The van der Waals surface area contributed by atoms with Gasteiger partial charge in [-0.2, -0.15) is 10.4 Å².